The molecule has 2 aliphatic heterocycles. The molecule has 0 aromatic heterocycles. The third-order valence-electron chi connectivity index (χ3n) is 5.54. The summed E-state index contributed by atoms with van der Waals surface area (Å²) in [6.07, 6.45) is 0.848. The number of aliphatic hydroxyl groups is 1. The fraction of sp³-hybridized carbons (Fsp3) is 0.360. The van der Waals surface area contributed by atoms with Gasteiger partial charge in [0.1, 0.15) is 24.7 Å². The summed E-state index contributed by atoms with van der Waals surface area (Å²) < 4.78 is 22.0. The number of Topliss-reactive ketones (excluding diaryl/α,β-unsaturated/α-hetero) is 1. The Morgan fingerprint density at radius 2 is 1.88 bits per heavy atom. The maximum Gasteiger partial charge on any atom is 0.295 e. The first kappa shape index (κ1) is 22.7. The molecule has 2 heterocycles. The smallest absolute Gasteiger partial charge is 0.295 e. The summed E-state index contributed by atoms with van der Waals surface area (Å²) in [6.45, 7) is 3.84. The SMILES string of the molecule is CCCOc1cccc([C@H]2/C(=C(\O)c3ccc4c(c3)OCCO4)C(=O)C(=O)N2CCOC)c1. The Morgan fingerprint density at radius 3 is 2.64 bits per heavy atom. The molecule has 174 valence electrons. The molecule has 1 atom stereocenters. The van der Waals surface area contributed by atoms with E-state index in [9.17, 15) is 14.7 Å². The molecule has 2 aliphatic rings. The molecule has 8 heteroatoms. The predicted octanol–water partition coefficient (Wildman–Crippen LogP) is 3.31. The van der Waals surface area contributed by atoms with Gasteiger partial charge in [-0.1, -0.05) is 19.1 Å². The first-order valence-electron chi connectivity index (χ1n) is 10.9. The molecule has 8 nitrogen and oxygen atoms in total. The van der Waals surface area contributed by atoms with Crippen LogP contribution in [0.3, 0.4) is 0 Å². The number of hydrogen-bond acceptors (Lipinski definition) is 7. The van der Waals surface area contributed by atoms with E-state index in [2.05, 4.69) is 0 Å². The summed E-state index contributed by atoms with van der Waals surface area (Å²) in [7, 11) is 1.53. The van der Waals surface area contributed by atoms with Crippen molar-refractivity contribution in [2.24, 2.45) is 0 Å². The molecular formula is C25H27NO7. The number of rotatable bonds is 8. The van der Waals surface area contributed by atoms with Crippen molar-refractivity contribution in [2.75, 3.05) is 40.1 Å². The van der Waals surface area contributed by atoms with Crippen molar-refractivity contribution < 1.29 is 33.6 Å². The largest absolute Gasteiger partial charge is 0.507 e. The molecule has 1 N–H and O–H groups in total. The van der Waals surface area contributed by atoms with Crippen molar-refractivity contribution in [3.05, 3.63) is 59.2 Å². The first-order chi connectivity index (χ1) is 16.0. The van der Waals surface area contributed by atoms with Crippen molar-refractivity contribution in [3.8, 4) is 17.2 Å². The normalized spacial score (nSPS) is 19.1. The zero-order valence-electron chi connectivity index (χ0n) is 18.7. The molecule has 2 aromatic rings. The lowest BCUT2D eigenvalue weighted by Gasteiger charge is -2.25. The molecule has 1 fully saturated rings. The van der Waals surface area contributed by atoms with Crippen molar-refractivity contribution in [1.82, 2.24) is 4.90 Å². The van der Waals surface area contributed by atoms with Crippen molar-refractivity contribution >= 4 is 17.4 Å². The Hall–Kier alpha value is -3.52. The van der Waals surface area contributed by atoms with E-state index in [1.165, 1.54) is 12.0 Å². The maximum absolute atomic E-state index is 13.1. The van der Waals surface area contributed by atoms with E-state index >= 15 is 0 Å². The number of carbonyl (C=O) groups excluding carboxylic acids is 2. The van der Waals surface area contributed by atoms with Crippen LogP contribution in [-0.4, -0.2) is 61.8 Å². The molecule has 4 rings (SSSR count). The van der Waals surface area contributed by atoms with E-state index < -0.39 is 17.7 Å². The van der Waals surface area contributed by atoms with Gasteiger partial charge in [0.15, 0.2) is 11.5 Å². The van der Waals surface area contributed by atoms with Crippen molar-refractivity contribution in [2.45, 2.75) is 19.4 Å². The van der Waals surface area contributed by atoms with E-state index in [1.807, 2.05) is 19.1 Å². The number of likely N-dealkylation sites (tertiary alicyclic amines) is 1. The molecule has 0 aliphatic carbocycles. The van der Waals surface area contributed by atoms with Crippen LogP contribution in [-0.2, 0) is 14.3 Å². The molecule has 2 aromatic carbocycles. The van der Waals surface area contributed by atoms with Crippen LogP contribution in [0.5, 0.6) is 17.2 Å². The third kappa shape index (κ3) is 4.52. The topological polar surface area (TPSA) is 94.5 Å². The number of ether oxygens (including phenoxy) is 4. The minimum atomic E-state index is -0.779. The Bertz CT molecular complexity index is 1080. The lowest BCUT2D eigenvalue weighted by molar-refractivity contribution is -0.140. The lowest BCUT2D eigenvalue weighted by atomic mass is 9.95. The molecular weight excluding hydrogens is 426 g/mol. The molecule has 0 bridgehead atoms. The van der Waals surface area contributed by atoms with Crippen LogP contribution in [0.15, 0.2) is 48.0 Å². The minimum Gasteiger partial charge on any atom is -0.507 e. The quantitative estimate of drug-likeness (QED) is 0.372. The monoisotopic (exact) mass is 453 g/mol. The summed E-state index contributed by atoms with van der Waals surface area (Å²) in [5.41, 5.74) is 1.05. The molecule has 0 radical (unpaired) electrons. The highest BCUT2D eigenvalue weighted by Gasteiger charge is 2.46. The Morgan fingerprint density at radius 1 is 1.09 bits per heavy atom. The number of fused-ring (bicyclic) bond motifs is 1. The van der Waals surface area contributed by atoms with Gasteiger partial charge in [-0.25, -0.2) is 0 Å². The van der Waals surface area contributed by atoms with Crippen molar-refractivity contribution in [1.29, 1.82) is 0 Å². The average Bonchev–Trinajstić information content (AvgIpc) is 3.10. The van der Waals surface area contributed by atoms with Crippen LogP contribution in [0.2, 0.25) is 0 Å². The number of carbonyl (C=O) groups is 2. The van der Waals surface area contributed by atoms with E-state index in [0.717, 1.165) is 6.42 Å². The van der Waals surface area contributed by atoms with Gasteiger partial charge in [-0.15, -0.1) is 0 Å². The number of nitrogens with zero attached hydrogens (tertiary/aromatic N) is 1. The van der Waals surface area contributed by atoms with Gasteiger partial charge >= 0.3 is 0 Å². The van der Waals surface area contributed by atoms with E-state index in [4.69, 9.17) is 18.9 Å². The van der Waals surface area contributed by atoms with Gasteiger partial charge in [-0.2, -0.15) is 0 Å². The molecule has 0 unspecified atom stereocenters. The second-order valence-electron chi connectivity index (χ2n) is 7.76. The van der Waals surface area contributed by atoms with Crippen LogP contribution >= 0.6 is 0 Å². The lowest BCUT2D eigenvalue weighted by Crippen LogP contribution is -2.32. The maximum atomic E-state index is 13.1. The Balaban J connectivity index is 1.80. The molecule has 1 saturated heterocycles. The Labute approximate surface area is 192 Å². The number of aliphatic hydroxyl groups excluding tert-OH is 1. The van der Waals surface area contributed by atoms with Crippen molar-refractivity contribution in [3.63, 3.8) is 0 Å². The van der Waals surface area contributed by atoms with Gasteiger partial charge in [0.25, 0.3) is 11.7 Å². The van der Waals surface area contributed by atoms with Crippen LogP contribution in [0.1, 0.15) is 30.5 Å². The summed E-state index contributed by atoms with van der Waals surface area (Å²) in [5, 5.41) is 11.2. The minimum absolute atomic E-state index is 0.0143. The zero-order valence-corrected chi connectivity index (χ0v) is 18.7. The summed E-state index contributed by atoms with van der Waals surface area (Å²) >= 11 is 0. The van der Waals surface area contributed by atoms with Gasteiger partial charge in [-0.05, 0) is 42.3 Å². The van der Waals surface area contributed by atoms with Crippen LogP contribution in [0.25, 0.3) is 5.76 Å². The molecule has 33 heavy (non-hydrogen) atoms. The van der Waals surface area contributed by atoms with E-state index in [0.29, 0.717) is 48.2 Å². The predicted molar refractivity (Wildman–Crippen MR) is 121 cm³/mol. The standard InChI is InChI=1S/C25H27NO7/c1-3-10-31-18-6-4-5-16(14-18)22-21(24(28)25(29)26(22)9-11-30-2)23(27)17-7-8-19-20(15-17)33-13-12-32-19/h4-8,14-15,22,27H,3,9-13H2,1-2H3/b23-21+/t22-/m0/s1. The first-order valence-corrected chi connectivity index (χ1v) is 10.9. The fourth-order valence-corrected chi connectivity index (χ4v) is 3.99. The number of benzene rings is 2. The molecule has 1 amide bonds. The van der Waals surface area contributed by atoms with Crippen LogP contribution in [0.4, 0.5) is 0 Å². The van der Waals surface area contributed by atoms with Gasteiger partial charge < -0.3 is 29.0 Å². The third-order valence-corrected chi connectivity index (χ3v) is 5.54. The number of ketones is 1. The van der Waals surface area contributed by atoms with Crippen LogP contribution < -0.4 is 14.2 Å². The number of amides is 1. The number of hydrogen-bond donors (Lipinski definition) is 1. The highest BCUT2D eigenvalue weighted by atomic mass is 16.6. The number of methoxy groups -OCH3 is 1. The second kappa shape index (κ2) is 9.95. The summed E-state index contributed by atoms with van der Waals surface area (Å²) in [4.78, 5) is 27.4. The van der Waals surface area contributed by atoms with Gasteiger partial charge in [0.05, 0.1) is 24.8 Å². The van der Waals surface area contributed by atoms with E-state index in [1.54, 1.807) is 30.3 Å². The molecule has 0 spiro atoms. The second-order valence-corrected chi connectivity index (χ2v) is 7.76. The zero-order chi connectivity index (χ0) is 23.4. The van der Waals surface area contributed by atoms with Gasteiger partial charge in [-0.3, -0.25) is 9.59 Å². The fourth-order valence-electron chi connectivity index (χ4n) is 3.99. The highest BCUT2D eigenvalue weighted by molar-refractivity contribution is 6.46. The highest BCUT2D eigenvalue weighted by Crippen LogP contribution is 2.41. The average molecular weight is 453 g/mol. The molecule has 0 saturated carbocycles. The van der Waals surface area contributed by atoms with E-state index in [-0.39, 0.29) is 24.5 Å². The Kier molecular flexibility index (Phi) is 6.84. The van der Waals surface area contributed by atoms with Gasteiger partial charge in [0.2, 0.25) is 0 Å². The van der Waals surface area contributed by atoms with Gasteiger partial charge in [0, 0.05) is 19.2 Å². The summed E-state index contributed by atoms with van der Waals surface area (Å²) in [6, 6.07) is 11.4. The van der Waals surface area contributed by atoms with Crippen LogP contribution in [0, 0.1) is 0 Å². The summed E-state index contributed by atoms with van der Waals surface area (Å²) in [5.74, 6) is -0.0263.